The first kappa shape index (κ1) is 15.8. The Balaban J connectivity index is 2.70. The molecule has 0 aliphatic rings. The highest BCUT2D eigenvalue weighted by Gasteiger charge is 2.10. The molecular formula is C16H21N3O. The second-order valence-corrected chi connectivity index (χ2v) is 4.81. The van der Waals surface area contributed by atoms with Crippen molar-refractivity contribution in [3.8, 4) is 6.07 Å². The highest BCUT2D eigenvalue weighted by molar-refractivity contribution is 6.06. The van der Waals surface area contributed by atoms with Gasteiger partial charge < -0.3 is 10.2 Å². The second kappa shape index (κ2) is 8.00. The van der Waals surface area contributed by atoms with Gasteiger partial charge in [0.05, 0.1) is 0 Å². The van der Waals surface area contributed by atoms with E-state index in [2.05, 4.69) is 12.2 Å². The molecule has 0 heterocycles. The standard InChI is InChI=1S/C16H21N3O/c1-4-5-10-19(3)12-14(11-17)16(20)18-15-8-6-13(2)7-9-15/h6-9,12H,4-5,10H2,1-3H3,(H,18,20)/b14-12-. The summed E-state index contributed by atoms with van der Waals surface area (Å²) in [6.07, 6.45) is 3.71. The minimum Gasteiger partial charge on any atom is -0.379 e. The molecule has 0 saturated heterocycles. The molecule has 0 atom stereocenters. The number of anilines is 1. The van der Waals surface area contributed by atoms with Crippen molar-refractivity contribution in [1.82, 2.24) is 4.90 Å². The summed E-state index contributed by atoms with van der Waals surface area (Å²) in [5, 5.41) is 11.8. The van der Waals surface area contributed by atoms with Crippen molar-refractivity contribution in [1.29, 1.82) is 5.26 Å². The lowest BCUT2D eigenvalue weighted by Crippen LogP contribution is -2.19. The van der Waals surface area contributed by atoms with E-state index in [0.29, 0.717) is 5.69 Å². The summed E-state index contributed by atoms with van der Waals surface area (Å²) in [4.78, 5) is 13.9. The van der Waals surface area contributed by atoms with Crippen LogP contribution in [0.15, 0.2) is 36.0 Å². The molecule has 1 aromatic rings. The molecule has 0 bridgehead atoms. The maximum Gasteiger partial charge on any atom is 0.267 e. The van der Waals surface area contributed by atoms with Crippen LogP contribution in [-0.2, 0) is 4.79 Å². The molecule has 4 nitrogen and oxygen atoms in total. The lowest BCUT2D eigenvalue weighted by atomic mass is 10.2. The van der Waals surface area contributed by atoms with E-state index in [1.54, 1.807) is 6.20 Å². The SMILES string of the molecule is CCCCN(C)/C=C(/C#N)C(=O)Nc1ccc(C)cc1. The molecular weight excluding hydrogens is 250 g/mol. The predicted molar refractivity (Wildman–Crippen MR) is 81.0 cm³/mol. The van der Waals surface area contributed by atoms with Crippen LogP contribution in [0.1, 0.15) is 25.3 Å². The maximum absolute atomic E-state index is 12.0. The Morgan fingerprint density at radius 2 is 2.05 bits per heavy atom. The van der Waals surface area contributed by atoms with Gasteiger partial charge in [-0.15, -0.1) is 0 Å². The van der Waals surface area contributed by atoms with Gasteiger partial charge in [0, 0.05) is 25.5 Å². The number of nitriles is 1. The summed E-state index contributed by atoms with van der Waals surface area (Å²) in [6.45, 7) is 4.92. The summed E-state index contributed by atoms with van der Waals surface area (Å²) in [5.41, 5.74) is 1.93. The molecule has 1 N–H and O–H groups in total. The van der Waals surface area contributed by atoms with E-state index in [0.717, 1.165) is 24.9 Å². The van der Waals surface area contributed by atoms with Crippen LogP contribution in [0.4, 0.5) is 5.69 Å². The number of benzene rings is 1. The van der Waals surface area contributed by atoms with Gasteiger partial charge in [-0.25, -0.2) is 0 Å². The number of rotatable bonds is 6. The second-order valence-electron chi connectivity index (χ2n) is 4.81. The highest BCUT2D eigenvalue weighted by Crippen LogP contribution is 2.10. The molecule has 0 unspecified atom stereocenters. The van der Waals surface area contributed by atoms with Crippen LogP contribution in [0.25, 0.3) is 0 Å². The summed E-state index contributed by atoms with van der Waals surface area (Å²) >= 11 is 0. The summed E-state index contributed by atoms with van der Waals surface area (Å²) in [7, 11) is 1.87. The van der Waals surface area contributed by atoms with Gasteiger partial charge in [0.25, 0.3) is 5.91 Å². The van der Waals surface area contributed by atoms with E-state index in [1.165, 1.54) is 0 Å². The minimum atomic E-state index is -0.375. The minimum absolute atomic E-state index is 0.115. The number of nitrogens with zero attached hydrogens (tertiary/aromatic N) is 2. The number of hydrogen-bond acceptors (Lipinski definition) is 3. The third kappa shape index (κ3) is 5.15. The van der Waals surface area contributed by atoms with E-state index in [4.69, 9.17) is 5.26 Å². The first-order valence-electron chi connectivity index (χ1n) is 6.77. The fourth-order valence-electron chi connectivity index (χ4n) is 1.67. The Morgan fingerprint density at radius 1 is 1.40 bits per heavy atom. The molecule has 0 fully saturated rings. The number of carbonyl (C=O) groups excluding carboxylic acids is 1. The van der Waals surface area contributed by atoms with E-state index in [1.807, 2.05) is 49.2 Å². The van der Waals surface area contributed by atoms with E-state index >= 15 is 0 Å². The van der Waals surface area contributed by atoms with Crippen molar-refractivity contribution in [3.63, 3.8) is 0 Å². The zero-order valence-corrected chi connectivity index (χ0v) is 12.3. The topological polar surface area (TPSA) is 56.1 Å². The van der Waals surface area contributed by atoms with Crippen molar-refractivity contribution in [2.45, 2.75) is 26.7 Å². The molecule has 0 aliphatic heterocycles. The fraction of sp³-hybridized carbons (Fsp3) is 0.375. The van der Waals surface area contributed by atoms with Gasteiger partial charge in [0.15, 0.2) is 0 Å². The Morgan fingerprint density at radius 3 is 2.60 bits per heavy atom. The van der Waals surface area contributed by atoms with Crippen molar-refractivity contribution in [2.24, 2.45) is 0 Å². The zero-order valence-electron chi connectivity index (χ0n) is 12.3. The lowest BCUT2D eigenvalue weighted by Gasteiger charge is -2.14. The molecule has 20 heavy (non-hydrogen) atoms. The van der Waals surface area contributed by atoms with Crippen molar-refractivity contribution in [2.75, 3.05) is 18.9 Å². The Hall–Kier alpha value is -2.28. The molecule has 4 heteroatoms. The smallest absolute Gasteiger partial charge is 0.267 e. The van der Waals surface area contributed by atoms with Crippen LogP contribution in [0.5, 0.6) is 0 Å². The third-order valence-electron chi connectivity index (χ3n) is 2.89. The van der Waals surface area contributed by atoms with Crippen LogP contribution in [0.3, 0.4) is 0 Å². The van der Waals surface area contributed by atoms with Crippen molar-refractivity contribution < 1.29 is 4.79 Å². The largest absolute Gasteiger partial charge is 0.379 e. The van der Waals surface area contributed by atoms with E-state index in [9.17, 15) is 4.79 Å². The van der Waals surface area contributed by atoms with E-state index < -0.39 is 0 Å². The first-order chi connectivity index (χ1) is 9.56. The normalized spacial score (nSPS) is 10.8. The number of unbranched alkanes of at least 4 members (excludes halogenated alkanes) is 1. The fourth-order valence-corrected chi connectivity index (χ4v) is 1.67. The molecule has 0 aliphatic carbocycles. The number of hydrogen-bond donors (Lipinski definition) is 1. The monoisotopic (exact) mass is 271 g/mol. The van der Waals surface area contributed by atoms with Crippen LogP contribution >= 0.6 is 0 Å². The van der Waals surface area contributed by atoms with Gasteiger partial charge >= 0.3 is 0 Å². The van der Waals surface area contributed by atoms with Gasteiger partial charge in [-0.2, -0.15) is 5.26 Å². The number of aryl methyl sites for hydroxylation is 1. The molecule has 1 amide bonds. The summed E-state index contributed by atoms with van der Waals surface area (Å²) < 4.78 is 0. The van der Waals surface area contributed by atoms with Gasteiger partial charge in [0.1, 0.15) is 11.6 Å². The Bertz CT molecular complexity index is 512. The van der Waals surface area contributed by atoms with Crippen LogP contribution in [0.2, 0.25) is 0 Å². The van der Waals surface area contributed by atoms with Gasteiger partial charge in [-0.05, 0) is 25.5 Å². The van der Waals surface area contributed by atoms with Crippen LogP contribution in [-0.4, -0.2) is 24.4 Å². The van der Waals surface area contributed by atoms with Crippen LogP contribution < -0.4 is 5.32 Å². The molecule has 1 aromatic carbocycles. The molecule has 0 saturated carbocycles. The van der Waals surface area contributed by atoms with Gasteiger partial charge in [-0.1, -0.05) is 31.0 Å². The molecule has 0 radical (unpaired) electrons. The first-order valence-corrected chi connectivity index (χ1v) is 6.77. The van der Waals surface area contributed by atoms with Gasteiger partial charge in [-0.3, -0.25) is 4.79 Å². The average molecular weight is 271 g/mol. The number of carbonyl (C=O) groups is 1. The molecule has 106 valence electrons. The van der Waals surface area contributed by atoms with E-state index in [-0.39, 0.29) is 11.5 Å². The van der Waals surface area contributed by atoms with Crippen LogP contribution in [0, 0.1) is 18.3 Å². The highest BCUT2D eigenvalue weighted by atomic mass is 16.1. The molecule has 0 aromatic heterocycles. The molecule has 1 rings (SSSR count). The number of amides is 1. The third-order valence-corrected chi connectivity index (χ3v) is 2.89. The van der Waals surface area contributed by atoms with Gasteiger partial charge in [0.2, 0.25) is 0 Å². The predicted octanol–water partition coefficient (Wildman–Crippen LogP) is 3.07. The maximum atomic E-state index is 12.0. The summed E-state index contributed by atoms with van der Waals surface area (Å²) in [6, 6.07) is 9.42. The molecule has 0 spiro atoms. The lowest BCUT2D eigenvalue weighted by molar-refractivity contribution is -0.112. The zero-order chi connectivity index (χ0) is 15.0. The van der Waals surface area contributed by atoms with Crippen molar-refractivity contribution >= 4 is 11.6 Å². The average Bonchev–Trinajstić information content (AvgIpc) is 2.44. The van der Waals surface area contributed by atoms with Crippen molar-refractivity contribution in [3.05, 3.63) is 41.6 Å². The summed E-state index contributed by atoms with van der Waals surface area (Å²) in [5.74, 6) is -0.375. The number of nitrogens with one attached hydrogen (secondary N) is 1. The Labute approximate surface area is 120 Å². The quantitative estimate of drug-likeness (QED) is 0.639. The Kier molecular flexibility index (Phi) is 6.31.